The van der Waals surface area contributed by atoms with Crippen LogP contribution in [0.4, 0.5) is 0 Å². The highest BCUT2D eigenvalue weighted by Gasteiger charge is 2.14. The van der Waals surface area contributed by atoms with Crippen LogP contribution >= 0.6 is 0 Å². The summed E-state index contributed by atoms with van der Waals surface area (Å²) in [6, 6.07) is 23.2. The number of carbonyl (C=O) groups is 1. The number of para-hydroxylation sites is 1. The first-order valence-corrected chi connectivity index (χ1v) is 8.62. The van der Waals surface area contributed by atoms with Crippen LogP contribution in [-0.4, -0.2) is 5.97 Å². The van der Waals surface area contributed by atoms with Crippen LogP contribution in [0.15, 0.2) is 72.8 Å². The molecular weight excluding hydrogens is 324 g/mol. The molecule has 3 heteroatoms. The molecule has 26 heavy (non-hydrogen) atoms. The Morgan fingerprint density at radius 1 is 0.731 bits per heavy atom. The van der Waals surface area contributed by atoms with E-state index in [-0.39, 0.29) is 12.6 Å². The second-order valence-corrected chi connectivity index (χ2v) is 6.33. The van der Waals surface area contributed by atoms with E-state index in [4.69, 9.17) is 9.47 Å². The fourth-order valence-electron chi connectivity index (χ4n) is 2.52. The Bertz CT molecular complexity index is 865. The quantitative estimate of drug-likeness (QED) is 0.573. The molecule has 0 unspecified atom stereocenters. The molecule has 0 saturated heterocycles. The average Bonchev–Trinajstić information content (AvgIpc) is 2.67. The molecule has 0 bridgehead atoms. The van der Waals surface area contributed by atoms with Gasteiger partial charge in [-0.1, -0.05) is 71.8 Å². The Labute approximate surface area is 154 Å². The molecule has 0 fully saturated rings. The molecule has 3 nitrogen and oxygen atoms in total. The molecule has 0 aromatic heterocycles. The van der Waals surface area contributed by atoms with Gasteiger partial charge in [0.15, 0.2) is 0 Å². The van der Waals surface area contributed by atoms with E-state index in [9.17, 15) is 4.79 Å². The SMILES string of the molecule is Cc1ccc(COC(=O)c2ccccc2OCc2ccc(C)cc2)cc1. The minimum Gasteiger partial charge on any atom is -0.488 e. The molecule has 0 heterocycles. The normalized spacial score (nSPS) is 10.4. The molecular formula is C23H22O3. The zero-order chi connectivity index (χ0) is 18.4. The van der Waals surface area contributed by atoms with Crippen molar-refractivity contribution in [2.75, 3.05) is 0 Å². The highest BCUT2D eigenvalue weighted by molar-refractivity contribution is 5.92. The van der Waals surface area contributed by atoms with Gasteiger partial charge in [-0.05, 0) is 37.1 Å². The molecule has 132 valence electrons. The van der Waals surface area contributed by atoms with Gasteiger partial charge in [-0.15, -0.1) is 0 Å². The van der Waals surface area contributed by atoms with Crippen molar-refractivity contribution in [3.05, 3.63) is 101 Å². The van der Waals surface area contributed by atoms with Gasteiger partial charge in [0.1, 0.15) is 24.5 Å². The van der Waals surface area contributed by atoms with Crippen LogP contribution in [0.5, 0.6) is 5.75 Å². The van der Waals surface area contributed by atoms with E-state index in [1.54, 1.807) is 18.2 Å². The topological polar surface area (TPSA) is 35.5 Å². The predicted molar refractivity (Wildman–Crippen MR) is 102 cm³/mol. The van der Waals surface area contributed by atoms with Gasteiger partial charge in [0.2, 0.25) is 0 Å². The fraction of sp³-hybridized carbons (Fsp3) is 0.174. The molecule has 0 spiro atoms. The van der Waals surface area contributed by atoms with E-state index in [1.807, 2.05) is 68.4 Å². The second-order valence-electron chi connectivity index (χ2n) is 6.33. The predicted octanol–water partition coefficient (Wildman–Crippen LogP) is 5.24. The number of aryl methyl sites for hydroxylation is 2. The van der Waals surface area contributed by atoms with Crippen LogP contribution in [-0.2, 0) is 18.0 Å². The van der Waals surface area contributed by atoms with Crippen molar-refractivity contribution in [3.8, 4) is 5.75 Å². The van der Waals surface area contributed by atoms with Gasteiger partial charge >= 0.3 is 5.97 Å². The summed E-state index contributed by atoms with van der Waals surface area (Å²) in [5.41, 5.74) is 4.83. The molecule has 0 radical (unpaired) electrons. The number of esters is 1. The lowest BCUT2D eigenvalue weighted by molar-refractivity contribution is 0.0467. The summed E-state index contributed by atoms with van der Waals surface area (Å²) in [5.74, 6) is 0.145. The van der Waals surface area contributed by atoms with Gasteiger partial charge in [-0.3, -0.25) is 0 Å². The largest absolute Gasteiger partial charge is 0.488 e. The van der Waals surface area contributed by atoms with Gasteiger partial charge in [-0.25, -0.2) is 4.79 Å². The van der Waals surface area contributed by atoms with Crippen LogP contribution in [0.1, 0.15) is 32.6 Å². The number of ether oxygens (including phenoxy) is 2. The summed E-state index contributed by atoms with van der Waals surface area (Å²) in [6.45, 7) is 4.72. The van der Waals surface area contributed by atoms with Crippen molar-refractivity contribution >= 4 is 5.97 Å². The Morgan fingerprint density at radius 2 is 1.27 bits per heavy atom. The first-order valence-electron chi connectivity index (χ1n) is 8.62. The molecule has 0 aliphatic rings. The van der Waals surface area contributed by atoms with E-state index in [0.717, 1.165) is 11.1 Å². The second kappa shape index (κ2) is 8.34. The summed E-state index contributed by atoms with van der Waals surface area (Å²) >= 11 is 0. The maximum Gasteiger partial charge on any atom is 0.342 e. The number of carbonyl (C=O) groups excluding carboxylic acids is 1. The van der Waals surface area contributed by atoms with Gasteiger partial charge in [0.05, 0.1) is 0 Å². The van der Waals surface area contributed by atoms with Gasteiger partial charge in [-0.2, -0.15) is 0 Å². The lowest BCUT2D eigenvalue weighted by Gasteiger charge is -2.11. The third kappa shape index (κ3) is 4.73. The van der Waals surface area contributed by atoms with Crippen molar-refractivity contribution < 1.29 is 14.3 Å². The zero-order valence-corrected chi connectivity index (χ0v) is 15.1. The summed E-state index contributed by atoms with van der Waals surface area (Å²) in [6.07, 6.45) is 0. The van der Waals surface area contributed by atoms with Crippen molar-refractivity contribution in [2.45, 2.75) is 27.1 Å². The number of rotatable bonds is 6. The van der Waals surface area contributed by atoms with Gasteiger partial charge in [0, 0.05) is 0 Å². The van der Waals surface area contributed by atoms with Crippen LogP contribution in [0.25, 0.3) is 0 Å². The summed E-state index contributed by atoms with van der Waals surface area (Å²) < 4.78 is 11.3. The first-order chi connectivity index (χ1) is 12.6. The van der Waals surface area contributed by atoms with Crippen molar-refractivity contribution in [1.29, 1.82) is 0 Å². The Balaban J connectivity index is 1.64. The minimum atomic E-state index is -0.384. The van der Waals surface area contributed by atoms with Gasteiger partial charge < -0.3 is 9.47 Å². The molecule has 0 aliphatic carbocycles. The van der Waals surface area contributed by atoms with E-state index in [2.05, 4.69) is 0 Å². The van der Waals surface area contributed by atoms with Crippen molar-refractivity contribution in [2.24, 2.45) is 0 Å². The maximum absolute atomic E-state index is 12.5. The Morgan fingerprint density at radius 3 is 1.88 bits per heavy atom. The summed E-state index contributed by atoms with van der Waals surface area (Å²) in [4.78, 5) is 12.5. The molecule has 0 N–H and O–H groups in total. The Kier molecular flexibility index (Phi) is 5.69. The third-order valence-corrected chi connectivity index (χ3v) is 4.11. The highest BCUT2D eigenvalue weighted by atomic mass is 16.5. The molecule has 0 aliphatic heterocycles. The molecule has 3 aromatic rings. The van der Waals surface area contributed by atoms with Crippen LogP contribution in [0.3, 0.4) is 0 Å². The minimum absolute atomic E-state index is 0.241. The summed E-state index contributed by atoms with van der Waals surface area (Å²) in [7, 11) is 0. The van der Waals surface area contributed by atoms with Gasteiger partial charge in [0.25, 0.3) is 0 Å². The summed E-state index contributed by atoms with van der Waals surface area (Å²) in [5, 5.41) is 0. The van der Waals surface area contributed by atoms with E-state index in [0.29, 0.717) is 17.9 Å². The van der Waals surface area contributed by atoms with Crippen LogP contribution < -0.4 is 4.74 Å². The molecule has 0 amide bonds. The monoisotopic (exact) mass is 346 g/mol. The van der Waals surface area contributed by atoms with E-state index in [1.165, 1.54) is 11.1 Å². The zero-order valence-electron chi connectivity index (χ0n) is 15.1. The van der Waals surface area contributed by atoms with Crippen molar-refractivity contribution in [3.63, 3.8) is 0 Å². The van der Waals surface area contributed by atoms with E-state index < -0.39 is 0 Å². The fourth-order valence-corrected chi connectivity index (χ4v) is 2.52. The molecule has 3 rings (SSSR count). The number of hydrogen-bond donors (Lipinski definition) is 0. The van der Waals surface area contributed by atoms with Crippen LogP contribution in [0, 0.1) is 13.8 Å². The highest BCUT2D eigenvalue weighted by Crippen LogP contribution is 2.21. The number of benzene rings is 3. The smallest absolute Gasteiger partial charge is 0.342 e. The first kappa shape index (κ1) is 17.7. The Hall–Kier alpha value is -3.07. The van der Waals surface area contributed by atoms with Crippen molar-refractivity contribution in [1.82, 2.24) is 0 Å². The maximum atomic E-state index is 12.5. The lowest BCUT2D eigenvalue weighted by atomic mass is 10.1. The lowest BCUT2D eigenvalue weighted by Crippen LogP contribution is -2.08. The number of hydrogen-bond acceptors (Lipinski definition) is 3. The molecule has 3 aromatic carbocycles. The standard InChI is InChI=1S/C23H22O3/c1-17-7-11-19(12-8-17)15-25-22-6-4-3-5-21(22)23(24)26-16-20-13-9-18(2)10-14-20/h3-14H,15-16H2,1-2H3. The van der Waals surface area contributed by atoms with E-state index >= 15 is 0 Å². The third-order valence-electron chi connectivity index (χ3n) is 4.11. The average molecular weight is 346 g/mol. The molecule has 0 saturated carbocycles. The van der Waals surface area contributed by atoms with Crippen LogP contribution in [0.2, 0.25) is 0 Å². The molecule has 0 atom stereocenters.